The van der Waals surface area contributed by atoms with Gasteiger partial charge in [-0.2, -0.15) is 0 Å². The average Bonchev–Trinajstić information content (AvgIpc) is 3.24. The fourth-order valence-corrected chi connectivity index (χ4v) is 2.30. The summed E-state index contributed by atoms with van der Waals surface area (Å²) < 4.78 is 10.5. The van der Waals surface area contributed by atoms with Crippen LogP contribution in [0.1, 0.15) is 32.3 Å². The smallest absolute Gasteiger partial charge is 0.331 e. The van der Waals surface area contributed by atoms with E-state index in [-0.39, 0.29) is 11.9 Å². The Labute approximate surface area is 113 Å². The summed E-state index contributed by atoms with van der Waals surface area (Å²) in [6.07, 6.45) is 1.95. The molecule has 1 aliphatic carbocycles. The maximum Gasteiger partial charge on any atom is 0.331 e. The number of rotatable bonds is 6. The van der Waals surface area contributed by atoms with Crippen molar-refractivity contribution < 1.29 is 14.3 Å². The van der Waals surface area contributed by atoms with Crippen molar-refractivity contribution in [3.05, 3.63) is 29.8 Å². The molecular formula is C15H21NO3. The Balaban J connectivity index is 2.25. The second-order valence-corrected chi connectivity index (χ2v) is 4.82. The van der Waals surface area contributed by atoms with Crippen molar-refractivity contribution in [1.29, 1.82) is 0 Å². The molecule has 0 aliphatic heterocycles. The van der Waals surface area contributed by atoms with E-state index in [1.54, 1.807) is 6.92 Å². The number of carbonyl (C=O) groups excluding carboxylic acids is 1. The van der Waals surface area contributed by atoms with Gasteiger partial charge in [0, 0.05) is 0 Å². The van der Waals surface area contributed by atoms with Gasteiger partial charge in [-0.05, 0) is 50.3 Å². The molecule has 1 saturated carbocycles. The third kappa shape index (κ3) is 2.73. The fourth-order valence-electron chi connectivity index (χ4n) is 2.30. The summed E-state index contributed by atoms with van der Waals surface area (Å²) in [5.74, 6) is 0.638. The average molecular weight is 263 g/mol. The Hall–Kier alpha value is -1.55. The summed E-state index contributed by atoms with van der Waals surface area (Å²) in [6.45, 7) is 4.70. The molecular weight excluding hydrogens is 242 g/mol. The predicted octanol–water partition coefficient (Wildman–Crippen LogP) is 2.21. The first-order valence-electron chi connectivity index (χ1n) is 6.82. The van der Waals surface area contributed by atoms with Gasteiger partial charge in [0.1, 0.15) is 11.3 Å². The van der Waals surface area contributed by atoms with Crippen molar-refractivity contribution in [3.63, 3.8) is 0 Å². The lowest BCUT2D eigenvalue weighted by Crippen LogP contribution is -2.48. The Bertz CT molecular complexity index is 439. The van der Waals surface area contributed by atoms with Crippen LogP contribution >= 0.6 is 0 Å². The van der Waals surface area contributed by atoms with E-state index in [2.05, 4.69) is 0 Å². The molecule has 0 radical (unpaired) electrons. The monoisotopic (exact) mass is 263 g/mol. The Morgan fingerprint density at radius 3 is 2.37 bits per heavy atom. The SMILES string of the molecule is CCOC(=O)C(N)(c1ccc(OCC)cc1)C1CC1. The van der Waals surface area contributed by atoms with Crippen LogP contribution in [0.25, 0.3) is 0 Å². The van der Waals surface area contributed by atoms with Crippen molar-refractivity contribution in [2.45, 2.75) is 32.2 Å². The molecule has 0 amide bonds. The summed E-state index contributed by atoms with van der Waals surface area (Å²) in [7, 11) is 0. The molecule has 1 aromatic carbocycles. The van der Waals surface area contributed by atoms with E-state index in [1.165, 1.54) is 0 Å². The lowest BCUT2D eigenvalue weighted by Gasteiger charge is -2.27. The number of ether oxygens (including phenoxy) is 2. The summed E-state index contributed by atoms with van der Waals surface area (Å²) in [5, 5.41) is 0. The van der Waals surface area contributed by atoms with Crippen molar-refractivity contribution >= 4 is 5.97 Å². The maximum atomic E-state index is 12.2. The molecule has 4 nitrogen and oxygen atoms in total. The summed E-state index contributed by atoms with van der Waals surface area (Å²) in [6, 6.07) is 7.42. The number of hydrogen-bond acceptors (Lipinski definition) is 4. The van der Waals surface area contributed by atoms with Crippen LogP contribution in [0.2, 0.25) is 0 Å². The van der Waals surface area contributed by atoms with Gasteiger partial charge < -0.3 is 15.2 Å². The second kappa shape index (κ2) is 5.61. The minimum Gasteiger partial charge on any atom is -0.494 e. The molecule has 0 spiro atoms. The topological polar surface area (TPSA) is 61.5 Å². The van der Waals surface area contributed by atoms with Crippen LogP contribution < -0.4 is 10.5 Å². The van der Waals surface area contributed by atoms with E-state index in [4.69, 9.17) is 15.2 Å². The van der Waals surface area contributed by atoms with Crippen molar-refractivity contribution in [2.24, 2.45) is 11.7 Å². The summed E-state index contributed by atoms with van der Waals surface area (Å²) >= 11 is 0. The quantitative estimate of drug-likeness (QED) is 0.799. The van der Waals surface area contributed by atoms with E-state index in [1.807, 2.05) is 31.2 Å². The summed E-state index contributed by atoms with van der Waals surface area (Å²) in [4.78, 5) is 12.2. The van der Waals surface area contributed by atoms with E-state index in [9.17, 15) is 4.79 Å². The number of benzene rings is 1. The normalized spacial score (nSPS) is 17.6. The zero-order chi connectivity index (χ0) is 13.9. The molecule has 4 heteroatoms. The minimum absolute atomic E-state index is 0.185. The highest BCUT2D eigenvalue weighted by atomic mass is 16.5. The van der Waals surface area contributed by atoms with Crippen LogP contribution in [0.4, 0.5) is 0 Å². The van der Waals surface area contributed by atoms with Gasteiger partial charge in [0.15, 0.2) is 0 Å². The van der Waals surface area contributed by atoms with Crippen LogP contribution in [-0.2, 0) is 15.1 Å². The van der Waals surface area contributed by atoms with Gasteiger partial charge in [0.05, 0.1) is 13.2 Å². The molecule has 19 heavy (non-hydrogen) atoms. The molecule has 104 valence electrons. The molecule has 2 rings (SSSR count). The first-order chi connectivity index (χ1) is 9.12. The van der Waals surface area contributed by atoms with E-state index >= 15 is 0 Å². The highest BCUT2D eigenvalue weighted by Gasteiger charge is 2.50. The van der Waals surface area contributed by atoms with Crippen LogP contribution in [0.3, 0.4) is 0 Å². The highest BCUT2D eigenvalue weighted by molar-refractivity contribution is 5.83. The molecule has 0 saturated heterocycles. The number of carbonyl (C=O) groups is 1. The van der Waals surface area contributed by atoms with Crippen LogP contribution in [0.15, 0.2) is 24.3 Å². The van der Waals surface area contributed by atoms with Gasteiger partial charge in [-0.3, -0.25) is 0 Å². The van der Waals surface area contributed by atoms with Gasteiger partial charge in [0.25, 0.3) is 0 Å². The molecule has 0 heterocycles. The van der Waals surface area contributed by atoms with E-state index < -0.39 is 5.54 Å². The van der Waals surface area contributed by atoms with Crippen LogP contribution in [0, 0.1) is 5.92 Å². The molecule has 1 fully saturated rings. The molecule has 1 atom stereocenters. The number of esters is 1. The van der Waals surface area contributed by atoms with Crippen LogP contribution in [0.5, 0.6) is 5.75 Å². The van der Waals surface area contributed by atoms with Crippen molar-refractivity contribution in [1.82, 2.24) is 0 Å². The summed E-state index contributed by atoms with van der Waals surface area (Å²) in [5.41, 5.74) is 6.15. The third-order valence-corrected chi connectivity index (χ3v) is 3.48. The highest BCUT2D eigenvalue weighted by Crippen LogP contribution is 2.45. The Kier molecular flexibility index (Phi) is 4.10. The standard InChI is InChI=1S/C15H21NO3/c1-3-18-13-9-7-12(8-10-13)15(16,11-5-6-11)14(17)19-4-2/h7-11H,3-6,16H2,1-2H3. The molecule has 0 bridgehead atoms. The first kappa shape index (κ1) is 13.9. The van der Waals surface area contributed by atoms with Gasteiger partial charge in [-0.1, -0.05) is 12.1 Å². The van der Waals surface area contributed by atoms with Crippen LogP contribution in [-0.4, -0.2) is 19.2 Å². The largest absolute Gasteiger partial charge is 0.494 e. The Morgan fingerprint density at radius 1 is 1.26 bits per heavy atom. The predicted molar refractivity (Wildman–Crippen MR) is 72.8 cm³/mol. The zero-order valence-electron chi connectivity index (χ0n) is 11.5. The third-order valence-electron chi connectivity index (χ3n) is 3.48. The number of nitrogens with two attached hydrogens (primary N) is 1. The van der Waals surface area contributed by atoms with Gasteiger partial charge in [-0.15, -0.1) is 0 Å². The van der Waals surface area contributed by atoms with Crippen molar-refractivity contribution in [2.75, 3.05) is 13.2 Å². The Morgan fingerprint density at radius 2 is 1.89 bits per heavy atom. The second-order valence-electron chi connectivity index (χ2n) is 4.82. The zero-order valence-corrected chi connectivity index (χ0v) is 11.5. The first-order valence-corrected chi connectivity index (χ1v) is 6.82. The van der Waals surface area contributed by atoms with Crippen molar-refractivity contribution in [3.8, 4) is 5.75 Å². The number of hydrogen-bond donors (Lipinski definition) is 1. The molecule has 0 aromatic heterocycles. The van der Waals surface area contributed by atoms with Gasteiger partial charge in [-0.25, -0.2) is 4.79 Å². The lowest BCUT2D eigenvalue weighted by atomic mass is 9.86. The van der Waals surface area contributed by atoms with E-state index in [0.717, 1.165) is 24.2 Å². The molecule has 2 N–H and O–H groups in total. The van der Waals surface area contributed by atoms with Gasteiger partial charge >= 0.3 is 5.97 Å². The molecule has 1 unspecified atom stereocenters. The molecule has 1 aromatic rings. The minimum atomic E-state index is -1.01. The lowest BCUT2D eigenvalue weighted by molar-refractivity contribution is -0.151. The van der Waals surface area contributed by atoms with Gasteiger partial charge in [0.2, 0.25) is 0 Å². The van der Waals surface area contributed by atoms with E-state index in [0.29, 0.717) is 13.2 Å². The molecule has 1 aliphatic rings. The fraction of sp³-hybridized carbons (Fsp3) is 0.533. The maximum absolute atomic E-state index is 12.2.